The van der Waals surface area contributed by atoms with Crippen LogP contribution in [0.4, 0.5) is 0 Å². The van der Waals surface area contributed by atoms with Gasteiger partial charge in [0.15, 0.2) is 0 Å². The van der Waals surface area contributed by atoms with Gasteiger partial charge in [0, 0.05) is 12.6 Å². The number of amides is 1. The molecule has 114 valence electrons. The molecule has 1 amide bonds. The first-order valence-electron chi connectivity index (χ1n) is 7.74. The number of fused-ring (bicyclic) bond motifs is 1. The molecule has 0 spiro atoms. The number of benzene rings is 1. The van der Waals surface area contributed by atoms with Crippen LogP contribution in [0.25, 0.3) is 0 Å². The van der Waals surface area contributed by atoms with Crippen LogP contribution in [0.15, 0.2) is 30.3 Å². The maximum atomic E-state index is 12.4. The summed E-state index contributed by atoms with van der Waals surface area (Å²) < 4.78 is 5.91. The molecule has 3 unspecified atom stereocenters. The topological polar surface area (TPSA) is 67.6 Å². The monoisotopic (exact) mass is 289 g/mol. The van der Waals surface area contributed by atoms with Crippen molar-refractivity contribution in [2.45, 2.75) is 43.9 Å². The van der Waals surface area contributed by atoms with Crippen LogP contribution >= 0.6 is 0 Å². The summed E-state index contributed by atoms with van der Waals surface area (Å²) >= 11 is 0. The van der Waals surface area contributed by atoms with E-state index >= 15 is 0 Å². The van der Waals surface area contributed by atoms with Gasteiger partial charge < -0.3 is 4.74 Å². The van der Waals surface area contributed by atoms with Crippen LogP contribution in [0.1, 0.15) is 37.3 Å². The van der Waals surface area contributed by atoms with Crippen molar-refractivity contribution in [2.75, 3.05) is 13.2 Å². The van der Waals surface area contributed by atoms with Gasteiger partial charge >= 0.3 is 0 Å². The van der Waals surface area contributed by atoms with E-state index in [1.165, 1.54) is 12.8 Å². The zero-order valence-corrected chi connectivity index (χ0v) is 12.2. The van der Waals surface area contributed by atoms with E-state index < -0.39 is 0 Å². The van der Waals surface area contributed by atoms with E-state index in [9.17, 15) is 4.79 Å². The molecule has 0 bridgehead atoms. The van der Waals surface area contributed by atoms with Crippen molar-refractivity contribution in [2.24, 2.45) is 5.84 Å². The average Bonchev–Trinajstić information content (AvgIpc) is 2.56. The predicted molar refractivity (Wildman–Crippen MR) is 80.2 cm³/mol. The van der Waals surface area contributed by atoms with Gasteiger partial charge in [-0.15, -0.1) is 0 Å². The number of rotatable bonds is 3. The fourth-order valence-electron chi connectivity index (χ4n) is 3.65. The summed E-state index contributed by atoms with van der Waals surface area (Å²) in [6.07, 6.45) is 4.85. The van der Waals surface area contributed by atoms with Crippen molar-refractivity contribution in [3.8, 4) is 0 Å². The highest BCUT2D eigenvalue weighted by molar-refractivity contribution is 5.82. The molecule has 5 heteroatoms. The number of hydrazine groups is 1. The highest BCUT2D eigenvalue weighted by Gasteiger charge is 2.40. The van der Waals surface area contributed by atoms with Crippen LogP contribution in [0, 0.1) is 0 Å². The van der Waals surface area contributed by atoms with Crippen molar-refractivity contribution in [1.29, 1.82) is 0 Å². The number of carbonyl (C=O) groups is 1. The third-order valence-corrected chi connectivity index (χ3v) is 4.61. The Morgan fingerprint density at radius 1 is 1.29 bits per heavy atom. The van der Waals surface area contributed by atoms with Gasteiger partial charge in [0.1, 0.15) is 6.04 Å². The molecule has 0 radical (unpaired) electrons. The molecule has 1 aliphatic heterocycles. The average molecular weight is 289 g/mol. The lowest BCUT2D eigenvalue weighted by Gasteiger charge is -2.46. The molecule has 21 heavy (non-hydrogen) atoms. The highest BCUT2D eigenvalue weighted by Crippen LogP contribution is 2.34. The summed E-state index contributed by atoms with van der Waals surface area (Å²) in [5, 5.41) is 0. The predicted octanol–water partition coefficient (Wildman–Crippen LogP) is 1.36. The van der Waals surface area contributed by atoms with Gasteiger partial charge in [0.05, 0.1) is 12.7 Å². The Bertz CT molecular complexity index is 478. The van der Waals surface area contributed by atoms with E-state index in [0.29, 0.717) is 12.6 Å². The normalized spacial score (nSPS) is 27.7. The summed E-state index contributed by atoms with van der Waals surface area (Å²) in [5.41, 5.74) is 3.33. The van der Waals surface area contributed by atoms with Crippen molar-refractivity contribution < 1.29 is 9.53 Å². The van der Waals surface area contributed by atoms with Crippen LogP contribution < -0.4 is 11.3 Å². The van der Waals surface area contributed by atoms with Crippen molar-refractivity contribution in [1.82, 2.24) is 10.3 Å². The lowest BCUT2D eigenvalue weighted by Crippen LogP contribution is -2.56. The molecule has 1 aliphatic carbocycles. The largest absolute Gasteiger partial charge is 0.375 e. The molecular formula is C16H23N3O2. The van der Waals surface area contributed by atoms with Gasteiger partial charge in [-0.05, 0) is 18.4 Å². The first-order valence-corrected chi connectivity index (χ1v) is 7.74. The summed E-state index contributed by atoms with van der Waals surface area (Å²) in [6, 6.07) is 9.86. The summed E-state index contributed by atoms with van der Waals surface area (Å²) in [4.78, 5) is 14.7. The van der Waals surface area contributed by atoms with Crippen molar-refractivity contribution in [3.63, 3.8) is 0 Å². The molecule has 3 rings (SSSR count). The molecule has 5 nitrogen and oxygen atoms in total. The molecular weight excluding hydrogens is 266 g/mol. The van der Waals surface area contributed by atoms with Crippen LogP contribution in [0.2, 0.25) is 0 Å². The van der Waals surface area contributed by atoms with E-state index in [-0.39, 0.29) is 18.1 Å². The quantitative estimate of drug-likeness (QED) is 0.501. The number of ether oxygens (including phenoxy) is 1. The van der Waals surface area contributed by atoms with Gasteiger partial charge in [0.2, 0.25) is 0 Å². The van der Waals surface area contributed by atoms with Crippen LogP contribution in [0.5, 0.6) is 0 Å². The Hall–Kier alpha value is -1.43. The highest BCUT2D eigenvalue weighted by atomic mass is 16.5. The minimum absolute atomic E-state index is 0.146. The van der Waals surface area contributed by atoms with Gasteiger partial charge in [-0.3, -0.25) is 15.1 Å². The van der Waals surface area contributed by atoms with E-state index in [1.54, 1.807) is 0 Å². The van der Waals surface area contributed by atoms with Gasteiger partial charge in [0.25, 0.3) is 5.91 Å². The Labute approximate surface area is 125 Å². The maximum Gasteiger partial charge on any atom is 0.255 e. The third kappa shape index (κ3) is 2.95. The number of morpholine rings is 1. The number of carbonyl (C=O) groups excluding carboxylic acids is 1. The second kappa shape index (κ2) is 6.56. The molecule has 2 fully saturated rings. The van der Waals surface area contributed by atoms with Crippen LogP contribution in [-0.2, 0) is 9.53 Å². The van der Waals surface area contributed by atoms with Gasteiger partial charge in [-0.2, -0.15) is 0 Å². The van der Waals surface area contributed by atoms with E-state index in [2.05, 4.69) is 10.3 Å². The van der Waals surface area contributed by atoms with Crippen LogP contribution in [0.3, 0.4) is 0 Å². The Morgan fingerprint density at radius 2 is 2.05 bits per heavy atom. The molecule has 3 atom stereocenters. The first-order chi connectivity index (χ1) is 10.3. The van der Waals surface area contributed by atoms with Gasteiger partial charge in [-0.1, -0.05) is 43.2 Å². The molecule has 1 saturated heterocycles. The lowest BCUT2D eigenvalue weighted by molar-refractivity contribution is -0.139. The molecule has 2 aliphatic rings. The minimum atomic E-state index is -0.328. The van der Waals surface area contributed by atoms with E-state index in [4.69, 9.17) is 10.6 Å². The van der Waals surface area contributed by atoms with E-state index in [1.807, 2.05) is 30.3 Å². The number of hydrogen-bond donors (Lipinski definition) is 2. The second-order valence-corrected chi connectivity index (χ2v) is 5.82. The molecule has 1 heterocycles. The minimum Gasteiger partial charge on any atom is -0.375 e. The number of nitrogens with one attached hydrogen (secondary N) is 1. The summed E-state index contributed by atoms with van der Waals surface area (Å²) in [6.45, 7) is 1.45. The maximum absolute atomic E-state index is 12.4. The molecule has 1 saturated carbocycles. The van der Waals surface area contributed by atoms with E-state index in [0.717, 1.165) is 24.9 Å². The first kappa shape index (κ1) is 14.5. The summed E-state index contributed by atoms with van der Waals surface area (Å²) in [7, 11) is 0. The zero-order chi connectivity index (χ0) is 14.7. The molecule has 0 aromatic heterocycles. The van der Waals surface area contributed by atoms with Crippen molar-refractivity contribution >= 4 is 5.91 Å². The molecule has 1 aromatic carbocycles. The fraction of sp³-hybridized carbons (Fsp3) is 0.562. The number of nitrogens with two attached hydrogens (primary N) is 1. The summed E-state index contributed by atoms with van der Waals surface area (Å²) in [5.74, 6) is 5.28. The molecule has 3 N–H and O–H groups in total. The van der Waals surface area contributed by atoms with Gasteiger partial charge in [-0.25, -0.2) is 5.84 Å². The standard InChI is InChI=1S/C16H23N3O2/c17-18-16(20)15(12-6-2-1-3-7-12)19-10-11-21-14-9-5-4-8-13(14)19/h1-3,6-7,13-15H,4-5,8-11,17H2,(H,18,20). The van der Waals surface area contributed by atoms with Crippen LogP contribution in [-0.4, -0.2) is 36.1 Å². The second-order valence-electron chi connectivity index (χ2n) is 5.82. The number of nitrogens with zero attached hydrogens (tertiary/aromatic N) is 1. The molecule has 1 aromatic rings. The third-order valence-electron chi connectivity index (χ3n) is 4.61. The Balaban J connectivity index is 1.90. The smallest absolute Gasteiger partial charge is 0.255 e. The zero-order valence-electron chi connectivity index (χ0n) is 12.2. The van der Waals surface area contributed by atoms with Crippen molar-refractivity contribution in [3.05, 3.63) is 35.9 Å². The lowest BCUT2D eigenvalue weighted by atomic mass is 9.88. The fourth-order valence-corrected chi connectivity index (χ4v) is 3.65. The SMILES string of the molecule is NNC(=O)C(c1ccccc1)N1CCOC2CCCCC21. The Morgan fingerprint density at radius 3 is 2.81 bits per heavy atom. The Kier molecular flexibility index (Phi) is 4.53. The number of hydrogen-bond acceptors (Lipinski definition) is 4.